The van der Waals surface area contributed by atoms with Crippen molar-refractivity contribution in [1.82, 2.24) is 9.88 Å². The Morgan fingerprint density at radius 1 is 1.10 bits per heavy atom. The number of pyridine rings is 1. The van der Waals surface area contributed by atoms with Crippen LogP contribution in [0.2, 0.25) is 0 Å². The monoisotopic (exact) mass is 274 g/mol. The van der Waals surface area contributed by atoms with Gasteiger partial charge in [-0.3, -0.25) is 4.98 Å². The fourth-order valence-electron chi connectivity index (χ4n) is 2.69. The molecule has 0 spiro atoms. The molecule has 20 heavy (non-hydrogen) atoms. The van der Waals surface area contributed by atoms with E-state index in [0.717, 1.165) is 12.3 Å². The largest absolute Gasteiger partial charge is 0.309 e. The third-order valence-corrected chi connectivity index (χ3v) is 4.21. The van der Waals surface area contributed by atoms with Gasteiger partial charge in [0.25, 0.3) is 0 Å². The van der Waals surface area contributed by atoms with E-state index in [0.29, 0.717) is 0 Å². The van der Waals surface area contributed by atoms with Crippen LogP contribution in [0.15, 0.2) is 18.3 Å². The molecule has 1 aliphatic carbocycles. The lowest BCUT2D eigenvalue weighted by Gasteiger charge is -2.08. The van der Waals surface area contributed by atoms with Crippen molar-refractivity contribution in [2.45, 2.75) is 57.8 Å². The molecule has 0 atom stereocenters. The molecule has 0 unspecified atom stereocenters. The van der Waals surface area contributed by atoms with Crippen LogP contribution >= 0.6 is 0 Å². The first kappa shape index (κ1) is 15.5. The molecular weight excluding hydrogens is 244 g/mol. The second-order valence-corrected chi connectivity index (χ2v) is 6.60. The van der Waals surface area contributed by atoms with Crippen LogP contribution in [-0.2, 0) is 12.8 Å². The molecule has 1 fully saturated rings. The van der Waals surface area contributed by atoms with Crippen LogP contribution in [0.1, 0.15) is 56.2 Å². The molecule has 2 nitrogen and oxygen atoms in total. The minimum absolute atomic E-state index is 1.03. The fourth-order valence-corrected chi connectivity index (χ4v) is 2.69. The van der Waals surface area contributed by atoms with E-state index in [9.17, 15) is 0 Å². The summed E-state index contributed by atoms with van der Waals surface area (Å²) < 4.78 is 0. The third kappa shape index (κ3) is 6.51. The van der Waals surface area contributed by atoms with Gasteiger partial charge in [-0.25, -0.2) is 0 Å². The van der Waals surface area contributed by atoms with Gasteiger partial charge in [0.05, 0.1) is 0 Å². The van der Waals surface area contributed by atoms with Crippen molar-refractivity contribution >= 4 is 0 Å². The summed E-state index contributed by atoms with van der Waals surface area (Å²) in [6.45, 7) is 1.22. The molecule has 1 heterocycles. The van der Waals surface area contributed by atoms with Crippen LogP contribution in [0.3, 0.4) is 0 Å². The Morgan fingerprint density at radius 3 is 2.65 bits per heavy atom. The van der Waals surface area contributed by atoms with Crippen molar-refractivity contribution in [3.05, 3.63) is 29.6 Å². The molecule has 1 aromatic heterocycles. The first-order valence-electron chi connectivity index (χ1n) is 8.32. The number of aromatic nitrogens is 1. The highest BCUT2D eigenvalue weighted by atomic mass is 15.0. The zero-order chi connectivity index (χ0) is 14.2. The molecule has 0 bridgehead atoms. The molecule has 2 rings (SSSR count). The normalized spacial score (nSPS) is 14.9. The molecule has 1 aliphatic rings. The predicted octanol–water partition coefficient (Wildman–Crippen LogP) is 4.09. The van der Waals surface area contributed by atoms with Crippen LogP contribution in [0.25, 0.3) is 0 Å². The van der Waals surface area contributed by atoms with Crippen molar-refractivity contribution < 1.29 is 0 Å². The first-order valence-corrected chi connectivity index (χ1v) is 8.32. The molecule has 0 amide bonds. The zero-order valence-corrected chi connectivity index (χ0v) is 13.3. The molecule has 112 valence electrons. The van der Waals surface area contributed by atoms with Crippen LogP contribution in [-0.4, -0.2) is 30.5 Å². The lowest BCUT2D eigenvalue weighted by atomic mass is 10.1. The second kappa shape index (κ2) is 8.41. The Labute approximate surface area is 124 Å². The summed E-state index contributed by atoms with van der Waals surface area (Å²) in [5.41, 5.74) is 2.79. The van der Waals surface area contributed by atoms with Crippen molar-refractivity contribution in [3.8, 4) is 0 Å². The molecular formula is C18H30N2. The molecule has 0 saturated heterocycles. The fraction of sp³-hybridized carbons (Fsp3) is 0.722. The van der Waals surface area contributed by atoms with E-state index in [-0.39, 0.29) is 0 Å². The molecule has 1 saturated carbocycles. The van der Waals surface area contributed by atoms with E-state index in [2.05, 4.69) is 36.1 Å². The van der Waals surface area contributed by atoms with E-state index in [4.69, 9.17) is 0 Å². The van der Waals surface area contributed by atoms with Crippen LogP contribution < -0.4 is 0 Å². The van der Waals surface area contributed by atoms with Gasteiger partial charge < -0.3 is 4.90 Å². The van der Waals surface area contributed by atoms with Gasteiger partial charge in [0.1, 0.15) is 0 Å². The number of hydrogen-bond acceptors (Lipinski definition) is 2. The Hall–Kier alpha value is -0.890. The van der Waals surface area contributed by atoms with Crippen LogP contribution in [0.5, 0.6) is 0 Å². The highest BCUT2D eigenvalue weighted by Crippen LogP contribution is 2.33. The van der Waals surface area contributed by atoms with Gasteiger partial charge in [-0.15, -0.1) is 0 Å². The third-order valence-electron chi connectivity index (χ3n) is 4.21. The maximum absolute atomic E-state index is 4.52. The van der Waals surface area contributed by atoms with Crippen molar-refractivity contribution in [2.75, 3.05) is 20.6 Å². The highest BCUT2D eigenvalue weighted by Gasteiger charge is 2.20. The van der Waals surface area contributed by atoms with Gasteiger partial charge in [-0.05, 0) is 76.4 Å². The van der Waals surface area contributed by atoms with E-state index >= 15 is 0 Å². The Bertz CT molecular complexity index is 383. The first-order chi connectivity index (χ1) is 9.74. The van der Waals surface area contributed by atoms with E-state index in [1.54, 1.807) is 0 Å². The van der Waals surface area contributed by atoms with Gasteiger partial charge in [-0.2, -0.15) is 0 Å². The number of aryl methyl sites for hydroxylation is 2. The Kier molecular flexibility index (Phi) is 6.52. The van der Waals surface area contributed by atoms with E-state index < -0.39 is 0 Å². The maximum atomic E-state index is 4.52. The summed E-state index contributed by atoms with van der Waals surface area (Å²) in [5.74, 6) is 1.03. The van der Waals surface area contributed by atoms with Crippen molar-refractivity contribution in [3.63, 3.8) is 0 Å². The van der Waals surface area contributed by atoms with Gasteiger partial charge >= 0.3 is 0 Å². The molecule has 0 radical (unpaired) electrons. The average molecular weight is 274 g/mol. The van der Waals surface area contributed by atoms with E-state index in [1.165, 1.54) is 69.2 Å². The minimum Gasteiger partial charge on any atom is -0.309 e. The van der Waals surface area contributed by atoms with Gasteiger partial charge in [0.2, 0.25) is 0 Å². The van der Waals surface area contributed by atoms with E-state index in [1.807, 2.05) is 6.20 Å². The van der Waals surface area contributed by atoms with Gasteiger partial charge in [0.15, 0.2) is 0 Å². The smallest absolute Gasteiger partial charge is 0.0406 e. The molecule has 1 aromatic rings. The Morgan fingerprint density at radius 2 is 1.90 bits per heavy atom. The number of rotatable bonds is 10. The predicted molar refractivity (Wildman–Crippen MR) is 86.0 cm³/mol. The lowest BCUT2D eigenvalue weighted by molar-refractivity contribution is 0.390. The van der Waals surface area contributed by atoms with Gasteiger partial charge in [0, 0.05) is 11.9 Å². The summed E-state index contributed by atoms with van der Waals surface area (Å²) in [5, 5.41) is 0. The average Bonchev–Trinajstić information content (AvgIpc) is 3.25. The zero-order valence-electron chi connectivity index (χ0n) is 13.3. The number of hydrogen-bond donors (Lipinski definition) is 0. The van der Waals surface area contributed by atoms with Crippen LogP contribution in [0, 0.1) is 5.92 Å². The number of unbranched alkanes of at least 4 members (excludes halogenated alkanes) is 3. The van der Waals surface area contributed by atoms with Crippen LogP contribution in [0.4, 0.5) is 0 Å². The summed E-state index contributed by atoms with van der Waals surface area (Å²) >= 11 is 0. The topological polar surface area (TPSA) is 16.1 Å². The van der Waals surface area contributed by atoms with Gasteiger partial charge in [-0.1, -0.05) is 25.7 Å². The standard InChI is InChI=1S/C18H30N2/c1-20(2)14-6-4-3-5-7-18-15-17(12-13-19-18)11-10-16-8-9-16/h12-13,15-16H,3-11,14H2,1-2H3. The quantitative estimate of drug-likeness (QED) is 0.597. The second-order valence-electron chi connectivity index (χ2n) is 6.60. The molecule has 2 heteroatoms. The van der Waals surface area contributed by atoms with Crippen molar-refractivity contribution in [2.24, 2.45) is 5.92 Å². The van der Waals surface area contributed by atoms with Crippen molar-refractivity contribution in [1.29, 1.82) is 0 Å². The summed E-state index contributed by atoms with van der Waals surface area (Å²) in [6.07, 6.45) is 14.0. The summed E-state index contributed by atoms with van der Waals surface area (Å²) in [7, 11) is 4.30. The summed E-state index contributed by atoms with van der Waals surface area (Å²) in [6, 6.07) is 4.53. The molecule has 0 N–H and O–H groups in total. The highest BCUT2D eigenvalue weighted by molar-refractivity contribution is 5.16. The minimum atomic E-state index is 1.03. The molecule has 0 aliphatic heterocycles. The Balaban J connectivity index is 1.60. The molecule has 0 aromatic carbocycles. The summed E-state index contributed by atoms with van der Waals surface area (Å²) in [4.78, 5) is 6.79. The maximum Gasteiger partial charge on any atom is 0.0406 e. The SMILES string of the molecule is CN(C)CCCCCCc1cc(CCC2CC2)ccn1. The lowest BCUT2D eigenvalue weighted by Crippen LogP contribution is -2.12. The number of nitrogens with zero attached hydrogens (tertiary/aromatic N) is 2.